The van der Waals surface area contributed by atoms with Gasteiger partial charge in [-0.3, -0.25) is 14.1 Å². The van der Waals surface area contributed by atoms with Crippen molar-refractivity contribution in [2.24, 2.45) is 10.4 Å². The first-order chi connectivity index (χ1) is 36.4. The standard InChI is InChI=1S/C73H82N4O/c1-68(2,3)48-33-35-53(55(40-48)45-27-21-19-22-28-45)57-44-60(74-65(57)73(16,17)18)47-37-50(70(7,8)9)39-52(38-47)76-61-32-26-25-31-54(61)63-67(76)75-66(58-42-51(71(10,11)12)43-59(64(58)78)72(13,14)15)77(63)62-36-34-49(69(4,5)6)41-56(62)46-29-23-20-24-30-46/h19-44,57,78H,1-18H3. The molecule has 1 aliphatic heterocycles. The Balaban J connectivity index is 1.30. The second-order valence-electron chi connectivity index (χ2n) is 28.3. The number of fused-ring (bicyclic) bond motifs is 3. The Labute approximate surface area is 465 Å². The van der Waals surface area contributed by atoms with Gasteiger partial charge in [-0.1, -0.05) is 234 Å². The van der Waals surface area contributed by atoms with E-state index in [0.29, 0.717) is 11.4 Å². The Morgan fingerprint density at radius 1 is 0.436 bits per heavy atom. The molecule has 0 spiro atoms. The average Bonchev–Trinajstić information content (AvgIpc) is 4.28. The summed E-state index contributed by atoms with van der Waals surface area (Å²) in [4.78, 5) is 11.6. The molecule has 5 heteroatoms. The third-order valence-corrected chi connectivity index (χ3v) is 16.0. The highest BCUT2D eigenvalue weighted by atomic mass is 16.3. The summed E-state index contributed by atoms with van der Waals surface area (Å²) in [6.07, 6.45) is 2.42. The van der Waals surface area contributed by atoms with E-state index in [1.807, 2.05) is 0 Å². The smallest absolute Gasteiger partial charge is 0.165 e. The van der Waals surface area contributed by atoms with Crippen LogP contribution >= 0.6 is 0 Å². The molecule has 0 radical (unpaired) electrons. The highest BCUT2D eigenvalue weighted by molar-refractivity contribution is 6.09. The van der Waals surface area contributed by atoms with Crippen LogP contribution in [0.5, 0.6) is 5.75 Å². The van der Waals surface area contributed by atoms with Crippen LogP contribution in [0.3, 0.4) is 0 Å². The van der Waals surface area contributed by atoms with Crippen molar-refractivity contribution in [3.63, 3.8) is 0 Å². The average molecular weight is 1030 g/mol. The first-order valence-electron chi connectivity index (χ1n) is 28.2. The van der Waals surface area contributed by atoms with Crippen molar-refractivity contribution < 1.29 is 5.11 Å². The number of hydrogen-bond donors (Lipinski definition) is 1. The Kier molecular flexibility index (Phi) is 13.2. The van der Waals surface area contributed by atoms with Crippen molar-refractivity contribution in [2.75, 3.05) is 0 Å². The summed E-state index contributed by atoms with van der Waals surface area (Å²) in [5.41, 5.74) is 19.3. The Hall–Kier alpha value is -7.24. The third-order valence-electron chi connectivity index (χ3n) is 16.0. The fourth-order valence-corrected chi connectivity index (χ4v) is 11.3. The number of nitrogens with zero attached hydrogens (tertiary/aromatic N) is 4. The normalized spacial score (nSPS) is 14.9. The van der Waals surface area contributed by atoms with E-state index in [4.69, 9.17) is 9.98 Å². The lowest BCUT2D eigenvalue weighted by Gasteiger charge is -2.28. The van der Waals surface area contributed by atoms with E-state index in [1.165, 1.54) is 33.4 Å². The SMILES string of the molecule is CC(C)(C)C1=NC(c2cc(-n3c4ccccc4c4c3nc(-c3cc(C(C)(C)C)cc(C(C)(C)C)c3O)n4-c3ccc(C(C)(C)C)cc3-c3ccccc3)cc(C(C)(C)C)c2)=CC1c1ccc(C(C)(C)C)cc1-c1ccccc1. The Morgan fingerprint density at radius 3 is 1.54 bits per heavy atom. The van der Waals surface area contributed by atoms with E-state index in [-0.39, 0.29) is 44.2 Å². The van der Waals surface area contributed by atoms with Gasteiger partial charge in [-0.05, 0) is 120 Å². The summed E-state index contributed by atoms with van der Waals surface area (Å²) in [5.74, 6) is 0.902. The number of benzene rings is 7. The number of phenols is 1. The molecule has 0 aliphatic carbocycles. The molecule has 7 aromatic carbocycles. The van der Waals surface area contributed by atoms with Gasteiger partial charge >= 0.3 is 0 Å². The summed E-state index contributed by atoms with van der Waals surface area (Å²) in [5, 5.41) is 13.9. The second-order valence-corrected chi connectivity index (χ2v) is 28.3. The number of para-hydroxylation sites is 1. The number of allylic oxidation sites excluding steroid dienone is 1. The van der Waals surface area contributed by atoms with Crippen molar-refractivity contribution in [2.45, 2.75) is 158 Å². The predicted octanol–water partition coefficient (Wildman–Crippen LogP) is 19.8. The molecule has 0 saturated carbocycles. The predicted molar refractivity (Wildman–Crippen MR) is 333 cm³/mol. The lowest BCUT2D eigenvalue weighted by molar-refractivity contribution is 0.446. The molecule has 2 aromatic heterocycles. The quantitative estimate of drug-likeness (QED) is 0.173. The fourth-order valence-electron chi connectivity index (χ4n) is 11.3. The van der Waals surface area contributed by atoms with Crippen LogP contribution < -0.4 is 0 Å². The van der Waals surface area contributed by atoms with Crippen LogP contribution in [0.1, 0.15) is 169 Å². The van der Waals surface area contributed by atoms with Crippen molar-refractivity contribution in [1.29, 1.82) is 0 Å². The van der Waals surface area contributed by atoms with E-state index < -0.39 is 0 Å². The second kappa shape index (κ2) is 19.0. The van der Waals surface area contributed by atoms with Crippen LogP contribution in [0, 0.1) is 5.41 Å². The van der Waals surface area contributed by atoms with E-state index >= 15 is 0 Å². The molecular formula is C73H82N4O. The molecule has 1 aliphatic rings. The molecule has 3 heterocycles. The van der Waals surface area contributed by atoms with Gasteiger partial charge in [-0.15, -0.1) is 0 Å². The van der Waals surface area contributed by atoms with Gasteiger partial charge in [-0.25, -0.2) is 4.98 Å². The number of aliphatic imine (C=N–C) groups is 1. The summed E-state index contributed by atoms with van der Waals surface area (Å²) in [6.45, 7) is 40.8. The molecule has 1 unspecified atom stereocenters. The monoisotopic (exact) mass is 1030 g/mol. The first-order valence-corrected chi connectivity index (χ1v) is 28.2. The van der Waals surface area contributed by atoms with Gasteiger partial charge in [0.15, 0.2) is 11.5 Å². The third kappa shape index (κ3) is 9.99. The zero-order valence-corrected chi connectivity index (χ0v) is 49.8. The molecule has 0 bridgehead atoms. The van der Waals surface area contributed by atoms with Crippen molar-refractivity contribution in [3.8, 4) is 50.8 Å². The molecular weight excluding hydrogens is 949 g/mol. The van der Waals surface area contributed by atoms with Crippen LogP contribution in [0.25, 0.3) is 72.8 Å². The van der Waals surface area contributed by atoms with E-state index in [9.17, 15) is 5.11 Å². The van der Waals surface area contributed by atoms with E-state index in [1.54, 1.807) is 0 Å². The van der Waals surface area contributed by atoms with Crippen LogP contribution in [0.4, 0.5) is 0 Å². The lowest BCUT2D eigenvalue weighted by atomic mass is 9.76. The topological polar surface area (TPSA) is 55.3 Å². The number of aromatic hydroxyl groups is 1. The first kappa shape index (κ1) is 54.1. The molecule has 0 saturated heterocycles. The van der Waals surface area contributed by atoms with Gasteiger partial charge in [-0.2, -0.15) is 0 Å². The molecule has 1 atom stereocenters. The van der Waals surface area contributed by atoms with Crippen molar-refractivity contribution >= 4 is 33.5 Å². The van der Waals surface area contributed by atoms with Crippen LogP contribution in [0.15, 0.2) is 163 Å². The molecule has 0 amide bonds. The van der Waals surface area contributed by atoms with Gasteiger partial charge in [0.2, 0.25) is 0 Å². The molecule has 9 aromatic rings. The molecule has 10 rings (SSSR count). The van der Waals surface area contributed by atoms with Gasteiger partial charge in [0.05, 0.1) is 22.5 Å². The summed E-state index contributed by atoms with van der Waals surface area (Å²) >= 11 is 0. The zero-order chi connectivity index (χ0) is 56.2. The van der Waals surface area contributed by atoms with Gasteiger partial charge in [0.1, 0.15) is 11.3 Å². The summed E-state index contributed by atoms with van der Waals surface area (Å²) in [6, 6.07) is 55.8. The van der Waals surface area contributed by atoms with Crippen molar-refractivity contribution in [3.05, 3.63) is 197 Å². The molecule has 1 N–H and O–H groups in total. The molecule has 78 heavy (non-hydrogen) atoms. The molecule has 400 valence electrons. The lowest BCUT2D eigenvalue weighted by Crippen LogP contribution is -2.25. The van der Waals surface area contributed by atoms with E-state index in [0.717, 1.165) is 72.7 Å². The minimum atomic E-state index is -0.353. The number of phenolic OH excluding ortho intramolecular Hbond substituents is 1. The Bertz CT molecular complexity index is 3830. The van der Waals surface area contributed by atoms with Crippen molar-refractivity contribution in [1.82, 2.24) is 14.1 Å². The molecule has 5 nitrogen and oxygen atoms in total. The van der Waals surface area contributed by atoms with Crippen LogP contribution in [-0.2, 0) is 27.1 Å². The Morgan fingerprint density at radius 2 is 0.962 bits per heavy atom. The largest absolute Gasteiger partial charge is 0.507 e. The number of rotatable bonds is 7. The van der Waals surface area contributed by atoms with Gasteiger partial charge < -0.3 is 5.11 Å². The summed E-state index contributed by atoms with van der Waals surface area (Å²) < 4.78 is 4.72. The maximum absolute atomic E-state index is 12.9. The van der Waals surface area contributed by atoms with Gasteiger partial charge in [0.25, 0.3) is 0 Å². The summed E-state index contributed by atoms with van der Waals surface area (Å²) in [7, 11) is 0. The fraction of sp³-hybridized carbons (Fsp3) is 0.342. The van der Waals surface area contributed by atoms with Crippen LogP contribution in [0.2, 0.25) is 0 Å². The maximum Gasteiger partial charge on any atom is 0.165 e. The minimum Gasteiger partial charge on any atom is -0.507 e. The minimum absolute atomic E-state index is 0.0125. The zero-order valence-electron chi connectivity index (χ0n) is 49.8. The van der Waals surface area contributed by atoms with E-state index in [2.05, 4.69) is 291 Å². The number of hydrogen-bond acceptors (Lipinski definition) is 3. The highest BCUT2D eigenvalue weighted by Gasteiger charge is 2.36. The van der Waals surface area contributed by atoms with Gasteiger partial charge in [0, 0.05) is 44.8 Å². The number of aromatic nitrogens is 3. The number of imidazole rings is 1. The highest BCUT2D eigenvalue weighted by Crippen LogP contribution is 2.49. The van der Waals surface area contributed by atoms with Crippen LogP contribution in [-0.4, -0.2) is 24.9 Å². The maximum atomic E-state index is 12.9. The molecule has 0 fully saturated rings.